The minimum Gasteiger partial charge on any atom is -0.308 e. The largest absolute Gasteiger partial charge is 0.308 e. The highest BCUT2D eigenvalue weighted by atomic mass is 32.1. The van der Waals surface area contributed by atoms with E-state index in [9.17, 15) is 20.6 Å². The first kappa shape index (κ1) is 20.6. The molecule has 1 aliphatic rings. The topological polar surface area (TPSA) is 95.6 Å². The van der Waals surface area contributed by atoms with Gasteiger partial charge in [0.25, 0.3) is 5.69 Å². The normalized spacial score (nSPS) is 13.4. The van der Waals surface area contributed by atoms with Gasteiger partial charge < -0.3 is 4.57 Å². The second-order valence-corrected chi connectivity index (χ2v) is 8.72. The lowest BCUT2D eigenvalue weighted by Crippen LogP contribution is -2.02. The van der Waals surface area contributed by atoms with Crippen molar-refractivity contribution in [3.05, 3.63) is 79.0 Å². The van der Waals surface area contributed by atoms with Crippen molar-refractivity contribution in [3.8, 4) is 17.1 Å². The number of nitrogens with zero attached hydrogens (tertiary/aromatic N) is 4. The number of fused-ring (bicyclic) bond motifs is 1. The van der Waals surface area contributed by atoms with Crippen LogP contribution in [0.4, 0.5) is 5.69 Å². The predicted octanol–water partition coefficient (Wildman–Crippen LogP) is 5.88. The SMILES string of the molecule is Cc1cc(/C=C(\C#N)c2ccc([N+](=O)[O-])cc2)c(C)n1-c1sc2c(c1C#N)CCCC2. The summed E-state index contributed by atoms with van der Waals surface area (Å²) < 4.78 is 2.11. The number of rotatable bonds is 4. The maximum atomic E-state index is 10.9. The van der Waals surface area contributed by atoms with Crippen molar-refractivity contribution in [1.82, 2.24) is 4.57 Å². The molecule has 0 saturated heterocycles. The van der Waals surface area contributed by atoms with E-state index in [0.29, 0.717) is 11.1 Å². The van der Waals surface area contributed by atoms with Gasteiger partial charge in [0, 0.05) is 28.4 Å². The summed E-state index contributed by atoms with van der Waals surface area (Å²) in [5, 5.41) is 31.4. The number of hydrogen-bond donors (Lipinski definition) is 0. The van der Waals surface area contributed by atoms with Crippen molar-refractivity contribution in [1.29, 1.82) is 10.5 Å². The minimum absolute atomic E-state index is 0.00934. The molecule has 1 aliphatic carbocycles. The van der Waals surface area contributed by atoms with Crippen molar-refractivity contribution >= 4 is 28.7 Å². The van der Waals surface area contributed by atoms with Crippen LogP contribution in [0.25, 0.3) is 16.7 Å². The van der Waals surface area contributed by atoms with Gasteiger partial charge in [0.15, 0.2) is 0 Å². The summed E-state index contributed by atoms with van der Waals surface area (Å²) in [6, 6.07) is 12.6. The molecular weight excluding hydrogens is 408 g/mol. The van der Waals surface area contributed by atoms with Crippen LogP contribution in [0.15, 0.2) is 30.3 Å². The van der Waals surface area contributed by atoms with E-state index in [1.165, 1.54) is 22.6 Å². The van der Waals surface area contributed by atoms with Crippen LogP contribution < -0.4 is 0 Å². The number of allylic oxidation sites excluding steroid dienone is 1. The van der Waals surface area contributed by atoms with E-state index in [2.05, 4.69) is 16.7 Å². The Kier molecular flexibility index (Phi) is 5.46. The van der Waals surface area contributed by atoms with Gasteiger partial charge in [-0.2, -0.15) is 10.5 Å². The lowest BCUT2D eigenvalue weighted by molar-refractivity contribution is -0.384. The lowest BCUT2D eigenvalue weighted by atomic mass is 9.96. The predicted molar refractivity (Wildman–Crippen MR) is 121 cm³/mol. The number of nitro groups is 1. The number of aryl methyl sites for hydroxylation is 2. The van der Waals surface area contributed by atoms with Gasteiger partial charge in [-0.25, -0.2) is 0 Å². The monoisotopic (exact) mass is 428 g/mol. The molecule has 31 heavy (non-hydrogen) atoms. The van der Waals surface area contributed by atoms with E-state index >= 15 is 0 Å². The number of aromatic nitrogens is 1. The van der Waals surface area contributed by atoms with Crippen LogP contribution in [0.2, 0.25) is 0 Å². The van der Waals surface area contributed by atoms with Crippen molar-refractivity contribution < 1.29 is 4.92 Å². The van der Waals surface area contributed by atoms with Gasteiger partial charge in [-0.15, -0.1) is 11.3 Å². The van der Waals surface area contributed by atoms with Gasteiger partial charge in [0.2, 0.25) is 0 Å². The quantitative estimate of drug-likeness (QED) is 0.294. The highest BCUT2D eigenvalue weighted by Gasteiger charge is 2.23. The first-order chi connectivity index (χ1) is 14.9. The molecule has 154 valence electrons. The van der Waals surface area contributed by atoms with E-state index in [0.717, 1.165) is 53.2 Å². The van der Waals surface area contributed by atoms with Gasteiger partial charge in [0.1, 0.15) is 11.1 Å². The van der Waals surface area contributed by atoms with Gasteiger partial charge >= 0.3 is 0 Å². The van der Waals surface area contributed by atoms with Gasteiger partial charge in [-0.05, 0) is 80.5 Å². The first-order valence-electron chi connectivity index (χ1n) is 10.0. The maximum absolute atomic E-state index is 10.9. The van der Waals surface area contributed by atoms with E-state index in [1.54, 1.807) is 29.5 Å². The molecule has 2 aromatic heterocycles. The summed E-state index contributed by atoms with van der Waals surface area (Å²) in [6.07, 6.45) is 6.07. The zero-order chi connectivity index (χ0) is 22.1. The molecule has 0 fully saturated rings. The lowest BCUT2D eigenvalue weighted by Gasteiger charge is -2.10. The van der Waals surface area contributed by atoms with Crippen molar-refractivity contribution in [2.45, 2.75) is 39.5 Å². The summed E-state index contributed by atoms with van der Waals surface area (Å²) in [7, 11) is 0. The number of benzene rings is 1. The van der Waals surface area contributed by atoms with E-state index in [-0.39, 0.29) is 5.69 Å². The fourth-order valence-corrected chi connectivity index (χ4v) is 5.62. The third-order valence-corrected chi connectivity index (χ3v) is 7.02. The Bertz CT molecular complexity index is 1300. The van der Waals surface area contributed by atoms with E-state index in [4.69, 9.17) is 0 Å². The van der Waals surface area contributed by atoms with Crippen LogP contribution >= 0.6 is 11.3 Å². The average Bonchev–Trinajstić information content (AvgIpc) is 3.27. The molecular formula is C24H20N4O2S. The Labute approximate surface area is 184 Å². The molecule has 2 heterocycles. The third-order valence-electron chi connectivity index (χ3n) is 5.75. The number of nitro benzene ring substituents is 1. The van der Waals surface area contributed by atoms with Crippen LogP contribution in [-0.2, 0) is 12.8 Å². The summed E-state index contributed by atoms with van der Waals surface area (Å²) in [5.74, 6) is 0. The molecule has 0 radical (unpaired) electrons. The minimum atomic E-state index is -0.458. The van der Waals surface area contributed by atoms with Gasteiger partial charge in [0.05, 0.1) is 22.1 Å². The van der Waals surface area contributed by atoms with E-state index in [1.807, 2.05) is 19.9 Å². The number of thiophene rings is 1. The molecule has 6 nitrogen and oxygen atoms in total. The fourth-order valence-electron chi connectivity index (χ4n) is 4.17. The Balaban J connectivity index is 1.78. The average molecular weight is 429 g/mol. The molecule has 0 saturated carbocycles. The number of nitriles is 2. The summed E-state index contributed by atoms with van der Waals surface area (Å²) >= 11 is 1.70. The summed E-state index contributed by atoms with van der Waals surface area (Å²) in [4.78, 5) is 11.7. The van der Waals surface area contributed by atoms with Crippen molar-refractivity contribution in [3.63, 3.8) is 0 Å². The molecule has 0 aliphatic heterocycles. The Morgan fingerprint density at radius 2 is 1.90 bits per heavy atom. The highest BCUT2D eigenvalue weighted by molar-refractivity contribution is 7.15. The van der Waals surface area contributed by atoms with E-state index < -0.39 is 4.92 Å². The third kappa shape index (κ3) is 3.65. The first-order valence-corrected chi connectivity index (χ1v) is 10.9. The van der Waals surface area contributed by atoms with Gasteiger partial charge in [-0.1, -0.05) is 0 Å². The Morgan fingerprint density at radius 1 is 1.19 bits per heavy atom. The number of hydrogen-bond acceptors (Lipinski definition) is 5. The fraction of sp³-hybridized carbons (Fsp3) is 0.250. The van der Waals surface area contributed by atoms with Crippen LogP contribution in [0.1, 0.15) is 51.4 Å². The molecule has 4 rings (SSSR count). The standard InChI is InChI=1S/C24H20N4O2S/c1-15-11-18(12-19(13-25)17-7-9-20(10-8-17)28(29)30)16(2)27(15)24-22(14-26)21-5-3-4-6-23(21)31-24/h7-12H,3-6H2,1-2H3/b19-12+. The zero-order valence-electron chi connectivity index (χ0n) is 17.3. The van der Waals surface area contributed by atoms with Crippen LogP contribution in [0, 0.1) is 46.6 Å². The second-order valence-electron chi connectivity index (χ2n) is 7.64. The Morgan fingerprint density at radius 3 is 2.55 bits per heavy atom. The molecule has 0 spiro atoms. The molecule has 0 atom stereocenters. The summed E-state index contributed by atoms with van der Waals surface area (Å²) in [5.41, 5.74) is 5.87. The highest BCUT2D eigenvalue weighted by Crippen LogP contribution is 2.38. The molecule has 0 unspecified atom stereocenters. The molecule has 0 N–H and O–H groups in total. The molecule has 1 aromatic carbocycles. The van der Waals surface area contributed by atoms with Crippen molar-refractivity contribution in [2.75, 3.05) is 0 Å². The van der Waals surface area contributed by atoms with Crippen LogP contribution in [0.5, 0.6) is 0 Å². The van der Waals surface area contributed by atoms with Crippen LogP contribution in [0.3, 0.4) is 0 Å². The van der Waals surface area contributed by atoms with Crippen molar-refractivity contribution in [2.24, 2.45) is 0 Å². The zero-order valence-corrected chi connectivity index (χ0v) is 18.1. The van der Waals surface area contributed by atoms with Gasteiger partial charge in [-0.3, -0.25) is 10.1 Å². The molecule has 0 bridgehead atoms. The Hall–Kier alpha value is -3.68. The number of non-ortho nitro benzene ring substituents is 1. The second kappa shape index (κ2) is 8.22. The molecule has 7 heteroatoms. The smallest absolute Gasteiger partial charge is 0.269 e. The summed E-state index contributed by atoms with van der Waals surface area (Å²) in [6.45, 7) is 3.99. The molecule has 0 amide bonds. The maximum Gasteiger partial charge on any atom is 0.269 e. The molecule has 3 aromatic rings. The van der Waals surface area contributed by atoms with Crippen LogP contribution in [-0.4, -0.2) is 9.49 Å².